The zero-order chi connectivity index (χ0) is 20.6. The van der Waals surface area contributed by atoms with E-state index in [1.807, 2.05) is 0 Å². The van der Waals surface area contributed by atoms with Gasteiger partial charge in [0.15, 0.2) is 11.3 Å². The van der Waals surface area contributed by atoms with Crippen molar-refractivity contribution in [3.05, 3.63) is 69.4 Å². The summed E-state index contributed by atoms with van der Waals surface area (Å²) >= 11 is 0. The molecule has 146 valence electrons. The SMILES string of the molecule is O=C(O)c1c(O)c2ncc(Cc3ccc(F)cc3)cc2n(CC(F)(F)F)c1=O. The van der Waals surface area contributed by atoms with Gasteiger partial charge in [-0.3, -0.25) is 14.3 Å². The molecule has 28 heavy (non-hydrogen) atoms. The summed E-state index contributed by atoms with van der Waals surface area (Å²) in [4.78, 5) is 27.4. The van der Waals surface area contributed by atoms with E-state index >= 15 is 0 Å². The average Bonchev–Trinajstić information content (AvgIpc) is 2.59. The Balaban J connectivity index is 2.21. The Morgan fingerprint density at radius 1 is 1.14 bits per heavy atom. The van der Waals surface area contributed by atoms with Crippen LogP contribution < -0.4 is 5.56 Å². The molecule has 0 saturated carbocycles. The van der Waals surface area contributed by atoms with Crippen LogP contribution in [0.3, 0.4) is 0 Å². The third-order valence-corrected chi connectivity index (χ3v) is 4.01. The summed E-state index contributed by atoms with van der Waals surface area (Å²) in [6.07, 6.45) is -3.40. The van der Waals surface area contributed by atoms with Crippen LogP contribution in [0.25, 0.3) is 11.0 Å². The summed E-state index contributed by atoms with van der Waals surface area (Å²) in [5.41, 5.74) is -2.45. The Morgan fingerprint density at radius 3 is 2.36 bits per heavy atom. The van der Waals surface area contributed by atoms with Crippen molar-refractivity contribution < 1.29 is 32.6 Å². The van der Waals surface area contributed by atoms with Gasteiger partial charge in [-0.05, 0) is 35.7 Å². The van der Waals surface area contributed by atoms with E-state index in [4.69, 9.17) is 5.11 Å². The third-order valence-electron chi connectivity index (χ3n) is 4.01. The zero-order valence-corrected chi connectivity index (χ0v) is 14.0. The van der Waals surface area contributed by atoms with E-state index in [-0.39, 0.29) is 16.5 Å². The number of aromatic nitrogens is 2. The molecule has 0 fully saturated rings. The fourth-order valence-corrected chi connectivity index (χ4v) is 2.81. The van der Waals surface area contributed by atoms with Crippen LogP contribution in [0.1, 0.15) is 21.5 Å². The number of rotatable bonds is 4. The number of halogens is 4. The molecular formula is C18H12F4N2O4. The third kappa shape index (κ3) is 3.80. The molecule has 0 atom stereocenters. The van der Waals surface area contributed by atoms with Gasteiger partial charge in [0, 0.05) is 6.20 Å². The predicted molar refractivity (Wildman–Crippen MR) is 89.9 cm³/mol. The van der Waals surface area contributed by atoms with Gasteiger partial charge in [0.25, 0.3) is 5.56 Å². The van der Waals surface area contributed by atoms with E-state index in [1.54, 1.807) is 0 Å². The van der Waals surface area contributed by atoms with Crippen LogP contribution in [-0.2, 0) is 13.0 Å². The van der Waals surface area contributed by atoms with Gasteiger partial charge in [0.2, 0.25) is 0 Å². The summed E-state index contributed by atoms with van der Waals surface area (Å²) < 4.78 is 52.1. The molecule has 3 rings (SSSR count). The van der Waals surface area contributed by atoms with Crippen LogP contribution in [-0.4, -0.2) is 31.9 Å². The number of carboxylic acid groups (broad SMARTS) is 1. The second-order valence-corrected chi connectivity index (χ2v) is 6.05. The fourth-order valence-electron chi connectivity index (χ4n) is 2.81. The van der Waals surface area contributed by atoms with Gasteiger partial charge in [-0.25, -0.2) is 9.18 Å². The number of alkyl halides is 3. The van der Waals surface area contributed by atoms with Crippen LogP contribution in [0.15, 0.2) is 41.3 Å². The lowest BCUT2D eigenvalue weighted by molar-refractivity contribution is -0.140. The van der Waals surface area contributed by atoms with Crippen molar-refractivity contribution in [3.8, 4) is 5.75 Å². The van der Waals surface area contributed by atoms with Gasteiger partial charge in [0.05, 0.1) is 5.52 Å². The van der Waals surface area contributed by atoms with Gasteiger partial charge < -0.3 is 10.2 Å². The molecule has 1 aromatic carbocycles. The maximum Gasteiger partial charge on any atom is 0.406 e. The maximum atomic E-state index is 13.0. The van der Waals surface area contributed by atoms with Gasteiger partial charge in [-0.2, -0.15) is 13.2 Å². The first-order valence-electron chi connectivity index (χ1n) is 7.85. The number of aromatic carboxylic acids is 1. The Bertz CT molecular complexity index is 1120. The molecule has 0 aliphatic heterocycles. The van der Waals surface area contributed by atoms with Gasteiger partial charge in [-0.15, -0.1) is 0 Å². The molecule has 0 unspecified atom stereocenters. The number of carboxylic acids is 1. The normalized spacial score (nSPS) is 11.7. The molecular weight excluding hydrogens is 384 g/mol. The van der Waals surface area contributed by atoms with Crippen molar-refractivity contribution in [1.82, 2.24) is 9.55 Å². The lowest BCUT2D eigenvalue weighted by Crippen LogP contribution is -2.32. The molecule has 6 nitrogen and oxygen atoms in total. The standard InChI is InChI=1S/C18H12F4N2O4/c19-11-3-1-9(2-4-11)5-10-6-12-14(23-7-10)15(25)13(17(27)28)16(26)24(12)8-18(20,21)22/h1-4,6-7,25H,5,8H2,(H,27,28). The summed E-state index contributed by atoms with van der Waals surface area (Å²) in [5.74, 6) is -3.32. The smallest absolute Gasteiger partial charge is 0.406 e. The predicted octanol–water partition coefficient (Wildman–Crippen LogP) is 3.09. The average molecular weight is 396 g/mol. The summed E-state index contributed by atoms with van der Waals surface area (Å²) in [5, 5.41) is 19.1. The minimum absolute atomic E-state index is 0.172. The number of carbonyl (C=O) groups is 1. The maximum absolute atomic E-state index is 13.0. The van der Waals surface area contributed by atoms with Crippen molar-refractivity contribution >= 4 is 17.0 Å². The lowest BCUT2D eigenvalue weighted by Gasteiger charge is -2.15. The van der Waals surface area contributed by atoms with Gasteiger partial charge in [-0.1, -0.05) is 12.1 Å². The highest BCUT2D eigenvalue weighted by molar-refractivity contribution is 5.97. The first-order valence-corrected chi connectivity index (χ1v) is 7.85. The van der Waals surface area contributed by atoms with E-state index in [0.717, 1.165) is 0 Å². The van der Waals surface area contributed by atoms with E-state index in [9.17, 15) is 32.3 Å². The molecule has 0 bridgehead atoms. The van der Waals surface area contributed by atoms with Gasteiger partial charge in [0.1, 0.15) is 17.9 Å². The first kappa shape index (κ1) is 19.3. The molecule has 0 amide bonds. The summed E-state index contributed by atoms with van der Waals surface area (Å²) in [7, 11) is 0. The van der Waals surface area contributed by atoms with Crippen LogP contribution in [0, 0.1) is 5.82 Å². The fraction of sp³-hybridized carbons (Fsp3) is 0.167. The zero-order valence-electron chi connectivity index (χ0n) is 14.0. The van der Waals surface area contributed by atoms with E-state index in [2.05, 4.69) is 4.98 Å². The molecule has 0 spiro atoms. The van der Waals surface area contributed by atoms with Crippen molar-refractivity contribution in [1.29, 1.82) is 0 Å². The molecule has 2 aromatic heterocycles. The number of fused-ring (bicyclic) bond motifs is 1. The molecule has 2 N–H and O–H groups in total. The second-order valence-electron chi connectivity index (χ2n) is 6.05. The van der Waals surface area contributed by atoms with E-state index < -0.39 is 46.9 Å². The molecule has 0 aliphatic rings. The number of aromatic hydroxyl groups is 1. The lowest BCUT2D eigenvalue weighted by atomic mass is 10.1. The van der Waals surface area contributed by atoms with E-state index in [1.165, 1.54) is 36.5 Å². The Kier molecular flexibility index (Phi) is 4.80. The highest BCUT2D eigenvalue weighted by Crippen LogP contribution is 2.28. The first-order chi connectivity index (χ1) is 13.1. The molecule has 0 radical (unpaired) electrons. The van der Waals surface area contributed by atoms with Gasteiger partial charge >= 0.3 is 12.1 Å². The highest BCUT2D eigenvalue weighted by atomic mass is 19.4. The topological polar surface area (TPSA) is 92.4 Å². The molecule has 0 aliphatic carbocycles. The molecule has 0 saturated heterocycles. The highest BCUT2D eigenvalue weighted by Gasteiger charge is 2.32. The quantitative estimate of drug-likeness (QED) is 0.662. The number of benzene rings is 1. The van der Waals surface area contributed by atoms with Crippen molar-refractivity contribution in [3.63, 3.8) is 0 Å². The van der Waals surface area contributed by atoms with E-state index in [0.29, 0.717) is 11.1 Å². The minimum atomic E-state index is -4.81. The Labute approximate surface area is 154 Å². The molecule has 10 heteroatoms. The largest absolute Gasteiger partial charge is 0.505 e. The summed E-state index contributed by atoms with van der Waals surface area (Å²) in [6, 6.07) is 6.60. The monoisotopic (exact) mass is 396 g/mol. The Hall–Kier alpha value is -3.43. The van der Waals surface area contributed by atoms with Crippen molar-refractivity contribution in [2.75, 3.05) is 0 Å². The van der Waals surface area contributed by atoms with Crippen LogP contribution in [0.2, 0.25) is 0 Å². The molecule has 3 aromatic rings. The number of pyridine rings is 2. The van der Waals surface area contributed by atoms with Crippen LogP contribution in [0.4, 0.5) is 17.6 Å². The van der Waals surface area contributed by atoms with Crippen molar-refractivity contribution in [2.45, 2.75) is 19.1 Å². The minimum Gasteiger partial charge on any atom is -0.505 e. The Morgan fingerprint density at radius 2 is 1.79 bits per heavy atom. The van der Waals surface area contributed by atoms with Crippen LogP contribution in [0.5, 0.6) is 5.75 Å². The number of hydrogen-bond donors (Lipinski definition) is 2. The van der Waals surface area contributed by atoms with Crippen molar-refractivity contribution in [2.24, 2.45) is 0 Å². The van der Waals surface area contributed by atoms with Crippen LogP contribution >= 0.6 is 0 Å². The second kappa shape index (κ2) is 6.95. The number of nitrogens with zero attached hydrogens (tertiary/aromatic N) is 2. The number of hydrogen-bond acceptors (Lipinski definition) is 4. The summed E-state index contributed by atoms with van der Waals surface area (Å²) in [6.45, 7) is -1.75. The molecule has 2 heterocycles.